The molecule has 0 unspecified atom stereocenters. The van der Waals surface area contributed by atoms with Gasteiger partial charge in [0.2, 0.25) is 11.2 Å². The number of rotatable bonds is 6. The first-order valence-electron chi connectivity index (χ1n) is 11.3. The maximum absolute atomic E-state index is 13.0. The summed E-state index contributed by atoms with van der Waals surface area (Å²) in [6.45, 7) is 1.48. The normalized spacial score (nSPS) is 10.7. The van der Waals surface area contributed by atoms with Crippen molar-refractivity contribution in [1.82, 2.24) is 0 Å². The molecule has 0 atom stereocenters. The average Bonchev–Trinajstić information content (AvgIpc) is 2.91. The van der Waals surface area contributed by atoms with Gasteiger partial charge in [-0.25, -0.2) is 4.79 Å². The van der Waals surface area contributed by atoms with E-state index in [0.717, 1.165) is 11.1 Å². The summed E-state index contributed by atoms with van der Waals surface area (Å²) >= 11 is 0. The highest BCUT2D eigenvalue weighted by molar-refractivity contribution is 5.94. The number of esters is 1. The Bertz CT molecular complexity index is 1690. The van der Waals surface area contributed by atoms with Crippen molar-refractivity contribution in [3.63, 3.8) is 0 Å². The molecule has 8 heteroatoms. The minimum atomic E-state index is -0.762. The molecule has 0 aliphatic rings. The number of ether oxygens (including phenoxy) is 2. The lowest BCUT2D eigenvalue weighted by atomic mass is 10.1. The number of hydrogen-bond donors (Lipinski definition) is 0. The fourth-order valence-corrected chi connectivity index (χ4v) is 3.90. The summed E-state index contributed by atoms with van der Waals surface area (Å²) in [5, 5.41) is 11.4. The average molecular weight is 493 g/mol. The second kappa shape index (κ2) is 9.79. The maximum Gasteiger partial charge on any atom is 0.344 e. The van der Waals surface area contributed by atoms with Crippen LogP contribution in [-0.4, -0.2) is 10.9 Å². The lowest BCUT2D eigenvalue weighted by molar-refractivity contribution is -0.385. The molecule has 5 rings (SSSR count). The Balaban J connectivity index is 1.35. The van der Waals surface area contributed by atoms with Gasteiger partial charge in [-0.15, -0.1) is 0 Å². The largest absolute Gasteiger partial charge is 0.460 e. The molecule has 0 amide bonds. The van der Waals surface area contributed by atoms with Crippen molar-refractivity contribution < 1.29 is 23.6 Å². The lowest BCUT2D eigenvalue weighted by Gasteiger charge is -2.09. The van der Waals surface area contributed by atoms with E-state index in [2.05, 4.69) is 0 Å². The Morgan fingerprint density at radius 2 is 1.57 bits per heavy atom. The van der Waals surface area contributed by atoms with Crippen molar-refractivity contribution in [2.24, 2.45) is 0 Å². The first-order valence-corrected chi connectivity index (χ1v) is 11.3. The van der Waals surface area contributed by atoms with Gasteiger partial charge in [-0.2, -0.15) is 0 Å². The molecule has 0 fully saturated rings. The van der Waals surface area contributed by atoms with Crippen molar-refractivity contribution in [3.8, 4) is 28.4 Å². The SMILES string of the molecule is Cc1c(C(=O)Oc2ccc3c(=O)c(Oc4ccc(-c5ccccc5)cc4)coc3c2)cccc1[N+](=O)[O-]. The molecule has 4 aromatic carbocycles. The van der Waals surface area contributed by atoms with E-state index in [-0.39, 0.29) is 44.7 Å². The zero-order valence-electron chi connectivity index (χ0n) is 19.5. The third-order valence-corrected chi connectivity index (χ3v) is 5.84. The van der Waals surface area contributed by atoms with Crippen molar-refractivity contribution in [1.29, 1.82) is 0 Å². The molecule has 5 aromatic rings. The van der Waals surface area contributed by atoms with Crippen LogP contribution in [0, 0.1) is 17.0 Å². The fraction of sp³-hybridized carbons (Fsp3) is 0.0345. The molecule has 0 spiro atoms. The van der Waals surface area contributed by atoms with Gasteiger partial charge in [-0.05, 0) is 48.4 Å². The standard InChI is InChI=1S/C29H19NO7/c1-18-23(8-5-9-25(18)30(33)34)29(32)37-22-14-15-24-26(16-22)35-17-27(28(24)31)36-21-12-10-20(11-13-21)19-6-3-2-4-7-19/h2-17H,1H3. The minimum Gasteiger partial charge on any atom is -0.460 e. The highest BCUT2D eigenvalue weighted by atomic mass is 16.6. The minimum absolute atomic E-state index is 0.0110. The summed E-state index contributed by atoms with van der Waals surface area (Å²) in [5.41, 5.74) is 1.97. The van der Waals surface area contributed by atoms with E-state index < -0.39 is 10.9 Å². The molecule has 0 saturated heterocycles. The van der Waals surface area contributed by atoms with Gasteiger partial charge in [0, 0.05) is 17.7 Å². The summed E-state index contributed by atoms with van der Waals surface area (Å²) in [7, 11) is 0. The van der Waals surface area contributed by atoms with Gasteiger partial charge >= 0.3 is 5.97 Å². The van der Waals surface area contributed by atoms with Gasteiger partial charge in [0.1, 0.15) is 23.3 Å². The van der Waals surface area contributed by atoms with E-state index in [1.165, 1.54) is 49.6 Å². The van der Waals surface area contributed by atoms with E-state index in [1.54, 1.807) is 12.1 Å². The predicted molar refractivity (Wildman–Crippen MR) is 137 cm³/mol. The van der Waals surface area contributed by atoms with E-state index >= 15 is 0 Å². The van der Waals surface area contributed by atoms with Crippen molar-refractivity contribution in [3.05, 3.63) is 129 Å². The van der Waals surface area contributed by atoms with Gasteiger partial charge in [0.15, 0.2) is 0 Å². The maximum atomic E-state index is 13.0. The smallest absolute Gasteiger partial charge is 0.344 e. The monoisotopic (exact) mass is 493 g/mol. The summed E-state index contributed by atoms with van der Waals surface area (Å²) in [4.78, 5) is 36.2. The van der Waals surface area contributed by atoms with Crippen LogP contribution in [0.25, 0.3) is 22.1 Å². The van der Waals surface area contributed by atoms with E-state index in [4.69, 9.17) is 13.9 Å². The molecule has 0 bridgehead atoms. The molecule has 0 N–H and O–H groups in total. The second-order valence-electron chi connectivity index (χ2n) is 8.18. The molecule has 37 heavy (non-hydrogen) atoms. The second-order valence-corrected chi connectivity index (χ2v) is 8.18. The number of nitro groups is 1. The van der Waals surface area contributed by atoms with Crippen LogP contribution in [0.3, 0.4) is 0 Å². The quantitative estimate of drug-likeness (QED) is 0.112. The van der Waals surface area contributed by atoms with Gasteiger partial charge in [0.05, 0.1) is 15.9 Å². The Morgan fingerprint density at radius 1 is 0.865 bits per heavy atom. The van der Waals surface area contributed by atoms with Crippen LogP contribution in [0.15, 0.2) is 106 Å². The summed E-state index contributed by atoms with van der Waals surface area (Å²) in [6, 6.07) is 25.7. The molecular formula is C29H19NO7. The fourth-order valence-electron chi connectivity index (χ4n) is 3.90. The highest BCUT2D eigenvalue weighted by Gasteiger charge is 2.20. The van der Waals surface area contributed by atoms with Crippen LogP contribution in [0.2, 0.25) is 0 Å². The number of carbonyl (C=O) groups excluding carboxylic acids is 1. The first-order chi connectivity index (χ1) is 17.9. The van der Waals surface area contributed by atoms with Crippen LogP contribution in [0.4, 0.5) is 5.69 Å². The van der Waals surface area contributed by atoms with Crippen molar-refractivity contribution in [2.75, 3.05) is 0 Å². The Morgan fingerprint density at radius 3 is 2.30 bits per heavy atom. The number of fused-ring (bicyclic) bond motifs is 1. The molecular weight excluding hydrogens is 474 g/mol. The highest BCUT2D eigenvalue weighted by Crippen LogP contribution is 2.28. The van der Waals surface area contributed by atoms with Gasteiger partial charge in [-0.1, -0.05) is 48.5 Å². The predicted octanol–water partition coefficient (Wildman–Crippen LogP) is 6.69. The zero-order chi connectivity index (χ0) is 25.9. The van der Waals surface area contributed by atoms with Gasteiger partial charge < -0.3 is 13.9 Å². The molecule has 8 nitrogen and oxygen atoms in total. The summed E-state index contributed by atoms with van der Waals surface area (Å²) < 4.78 is 16.7. The van der Waals surface area contributed by atoms with E-state index in [1.807, 2.05) is 42.5 Å². The van der Waals surface area contributed by atoms with E-state index in [0.29, 0.717) is 5.75 Å². The summed E-state index contributed by atoms with van der Waals surface area (Å²) in [5.74, 6) is -0.153. The number of carbonyl (C=O) groups is 1. The third kappa shape index (κ3) is 4.81. The molecule has 0 aliphatic heterocycles. The molecule has 1 aromatic heterocycles. The lowest BCUT2D eigenvalue weighted by Crippen LogP contribution is -2.11. The number of hydrogen-bond acceptors (Lipinski definition) is 7. The number of nitro benzene ring substituents is 1. The van der Waals surface area contributed by atoms with Crippen LogP contribution in [-0.2, 0) is 0 Å². The Kier molecular flexibility index (Phi) is 6.22. The topological polar surface area (TPSA) is 109 Å². The third-order valence-electron chi connectivity index (χ3n) is 5.84. The van der Waals surface area contributed by atoms with Gasteiger partial charge in [0.25, 0.3) is 5.69 Å². The van der Waals surface area contributed by atoms with Crippen molar-refractivity contribution in [2.45, 2.75) is 6.92 Å². The van der Waals surface area contributed by atoms with Gasteiger partial charge in [-0.3, -0.25) is 14.9 Å². The van der Waals surface area contributed by atoms with E-state index in [9.17, 15) is 19.7 Å². The molecule has 182 valence electrons. The molecule has 0 saturated carbocycles. The molecule has 0 aliphatic carbocycles. The van der Waals surface area contributed by atoms with Crippen molar-refractivity contribution >= 4 is 22.6 Å². The molecule has 0 radical (unpaired) electrons. The van der Waals surface area contributed by atoms with Crippen LogP contribution in [0.1, 0.15) is 15.9 Å². The first kappa shape index (κ1) is 23.5. The Labute approximate surface area is 210 Å². The summed E-state index contributed by atoms with van der Waals surface area (Å²) in [6.07, 6.45) is 1.20. The Hall–Kier alpha value is -5.24. The zero-order valence-corrected chi connectivity index (χ0v) is 19.5. The van der Waals surface area contributed by atoms with Crippen LogP contribution in [0.5, 0.6) is 17.2 Å². The number of benzene rings is 4. The molecule has 1 heterocycles. The van der Waals surface area contributed by atoms with Crippen LogP contribution >= 0.6 is 0 Å². The van der Waals surface area contributed by atoms with Crippen LogP contribution < -0.4 is 14.9 Å². The number of nitrogens with zero attached hydrogens (tertiary/aromatic N) is 1.